The molecule has 1 N–H and O–H groups in total. The summed E-state index contributed by atoms with van der Waals surface area (Å²) in [5, 5.41) is 3.60. The Morgan fingerprint density at radius 2 is 1.89 bits per heavy atom. The summed E-state index contributed by atoms with van der Waals surface area (Å²) in [7, 11) is -2.72. The fourth-order valence-electron chi connectivity index (χ4n) is 5.05. The number of methoxy groups -OCH3 is 1. The van der Waals surface area contributed by atoms with Crippen LogP contribution in [-0.4, -0.2) is 69.0 Å². The molecule has 0 bridgehead atoms. The molecule has 38 heavy (non-hydrogen) atoms. The van der Waals surface area contributed by atoms with Crippen molar-refractivity contribution >= 4 is 32.8 Å². The lowest BCUT2D eigenvalue weighted by molar-refractivity contribution is -0.0448. The zero-order chi connectivity index (χ0) is 27.6. The smallest absolute Gasteiger partial charge is 0.326 e. The maximum absolute atomic E-state index is 15.7. The minimum Gasteiger partial charge on any atom is -0.380 e. The highest BCUT2D eigenvalue weighted by molar-refractivity contribution is 7.88. The molecule has 0 saturated carbocycles. The summed E-state index contributed by atoms with van der Waals surface area (Å²) in [5.74, 6) is -7.12. The van der Waals surface area contributed by atoms with Gasteiger partial charge in [0.2, 0.25) is 10.0 Å². The number of ether oxygens (including phenoxy) is 1. The number of carbonyl (C=O) groups excluding carboxylic acids is 1. The van der Waals surface area contributed by atoms with E-state index in [0.717, 1.165) is 34.3 Å². The SMILES string of the molecule is COCc1cc2onc(N3CC[C@H]4N(C[C@@H](NS(C)(=O)=O)C4(F)F)C3=O)c2c(-c2c(F)cccc2F)c1F. The number of fused-ring (bicyclic) bond motifs is 2. The summed E-state index contributed by atoms with van der Waals surface area (Å²) in [4.78, 5) is 15.1. The molecule has 5 rings (SSSR count). The van der Waals surface area contributed by atoms with E-state index in [0.29, 0.717) is 0 Å². The van der Waals surface area contributed by atoms with E-state index in [-0.39, 0.29) is 41.9 Å². The maximum atomic E-state index is 15.7. The topological polar surface area (TPSA) is 105 Å². The predicted molar refractivity (Wildman–Crippen MR) is 125 cm³/mol. The Balaban J connectivity index is 1.64. The fraction of sp³-hybridized carbons (Fsp3) is 0.391. The number of carbonyl (C=O) groups is 1. The highest BCUT2D eigenvalue weighted by atomic mass is 32.2. The third kappa shape index (κ3) is 4.18. The number of rotatable bonds is 6. The number of anilines is 1. The molecule has 0 radical (unpaired) electrons. The normalized spacial score (nSPS) is 21.4. The van der Waals surface area contributed by atoms with Crippen LogP contribution >= 0.6 is 0 Å². The maximum Gasteiger partial charge on any atom is 0.326 e. The summed E-state index contributed by atoms with van der Waals surface area (Å²) in [5.41, 5.74) is -1.52. The van der Waals surface area contributed by atoms with Crippen LogP contribution in [0.2, 0.25) is 0 Å². The van der Waals surface area contributed by atoms with E-state index < -0.39 is 69.2 Å². The predicted octanol–water partition coefficient (Wildman–Crippen LogP) is 3.63. The number of aromatic nitrogens is 1. The first-order chi connectivity index (χ1) is 17.8. The van der Waals surface area contributed by atoms with E-state index in [9.17, 15) is 30.8 Å². The molecule has 2 aliphatic heterocycles. The number of nitrogens with zero attached hydrogens (tertiary/aromatic N) is 3. The van der Waals surface area contributed by atoms with Gasteiger partial charge in [0.05, 0.1) is 23.8 Å². The van der Waals surface area contributed by atoms with Crippen molar-refractivity contribution in [2.45, 2.75) is 31.0 Å². The van der Waals surface area contributed by atoms with Crippen LogP contribution in [0, 0.1) is 17.5 Å². The van der Waals surface area contributed by atoms with E-state index in [2.05, 4.69) is 5.16 Å². The lowest BCUT2D eigenvalue weighted by atomic mass is 9.96. The zero-order valence-electron chi connectivity index (χ0n) is 20.0. The van der Waals surface area contributed by atoms with Crippen molar-refractivity contribution in [3.05, 3.63) is 47.3 Å². The van der Waals surface area contributed by atoms with Crippen molar-refractivity contribution < 1.29 is 44.4 Å². The number of sulfonamides is 1. The number of nitrogens with one attached hydrogen (secondary N) is 1. The standard InChI is InChI=1S/C23H21F5N4O5S/c1-36-10-11-8-14-18(19(20(11)26)17-12(24)4-3-5-13(17)25)21(29-37-14)31-7-6-16-23(27,28)15(30-38(2,34)35)9-32(16)22(31)33/h3-5,8,15-16,30H,6-7,9-10H2,1-2H3/t15-,16-/m1/s1. The van der Waals surface area contributed by atoms with Gasteiger partial charge in [-0.3, -0.25) is 4.90 Å². The van der Waals surface area contributed by atoms with Gasteiger partial charge in [0.1, 0.15) is 29.5 Å². The van der Waals surface area contributed by atoms with Crippen molar-refractivity contribution in [2.24, 2.45) is 0 Å². The Bertz CT molecular complexity index is 1530. The van der Waals surface area contributed by atoms with Gasteiger partial charge in [0.15, 0.2) is 11.4 Å². The van der Waals surface area contributed by atoms with Gasteiger partial charge < -0.3 is 14.2 Å². The van der Waals surface area contributed by atoms with E-state index >= 15 is 4.39 Å². The highest BCUT2D eigenvalue weighted by Gasteiger charge is 2.60. The summed E-state index contributed by atoms with van der Waals surface area (Å²) in [6.07, 6.45) is 0.425. The molecule has 0 aliphatic carbocycles. The average molecular weight is 561 g/mol. The number of benzene rings is 2. The molecule has 0 unspecified atom stereocenters. The molecule has 3 heterocycles. The van der Waals surface area contributed by atoms with Crippen LogP contribution in [0.3, 0.4) is 0 Å². The highest BCUT2D eigenvalue weighted by Crippen LogP contribution is 2.44. The molecule has 2 fully saturated rings. The summed E-state index contributed by atoms with van der Waals surface area (Å²) < 4.78 is 111. The first-order valence-corrected chi connectivity index (χ1v) is 13.2. The Labute approximate surface area is 213 Å². The molecule has 15 heteroatoms. The van der Waals surface area contributed by atoms with Crippen molar-refractivity contribution in [3.8, 4) is 11.1 Å². The number of amides is 2. The van der Waals surface area contributed by atoms with Crippen LogP contribution in [0.25, 0.3) is 22.1 Å². The van der Waals surface area contributed by atoms with E-state index in [1.54, 1.807) is 0 Å². The molecule has 3 aromatic rings. The number of hydrogen-bond acceptors (Lipinski definition) is 6. The van der Waals surface area contributed by atoms with Gasteiger partial charge in [-0.05, 0) is 24.6 Å². The molecule has 2 amide bonds. The number of urea groups is 1. The van der Waals surface area contributed by atoms with Crippen LogP contribution < -0.4 is 9.62 Å². The molecule has 2 saturated heterocycles. The van der Waals surface area contributed by atoms with Crippen LogP contribution in [-0.2, 0) is 21.4 Å². The molecule has 2 atom stereocenters. The Morgan fingerprint density at radius 3 is 2.53 bits per heavy atom. The van der Waals surface area contributed by atoms with Gasteiger partial charge >= 0.3 is 6.03 Å². The van der Waals surface area contributed by atoms with Gasteiger partial charge in [-0.15, -0.1) is 0 Å². The third-order valence-electron chi connectivity index (χ3n) is 6.65. The quantitative estimate of drug-likeness (QED) is 0.462. The first kappa shape index (κ1) is 26.3. The zero-order valence-corrected chi connectivity index (χ0v) is 20.8. The van der Waals surface area contributed by atoms with E-state index in [1.165, 1.54) is 13.2 Å². The molecule has 204 valence electrons. The number of halogens is 5. The van der Waals surface area contributed by atoms with Gasteiger partial charge in [-0.1, -0.05) is 11.2 Å². The van der Waals surface area contributed by atoms with Crippen molar-refractivity contribution in [1.82, 2.24) is 14.8 Å². The van der Waals surface area contributed by atoms with Gasteiger partial charge in [0.25, 0.3) is 5.92 Å². The third-order valence-corrected chi connectivity index (χ3v) is 7.36. The fourth-order valence-corrected chi connectivity index (χ4v) is 5.80. The van der Waals surface area contributed by atoms with Gasteiger partial charge in [0, 0.05) is 31.3 Å². The van der Waals surface area contributed by atoms with Gasteiger partial charge in [-0.25, -0.2) is 39.9 Å². The average Bonchev–Trinajstić information content (AvgIpc) is 3.34. The second kappa shape index (κ2) is 9.17. The lowest BCUT2D eigenvalue weighted by Gasteiger charge is -2.37. The Kier molecular flexibility index (Phi) is 6.35. The van der Waals surface area contributed by atoms with E-state index in [1.807, 2.05) is 4.72 Å². The minimum absolute atomic E-state index is 0.0979. The molecule has 0 spiro atoms. The van der Waals surface area contributed by atoms with Crippen LogP contribution in [0.1, 0.15) is 12.0 Å². The largest absolute Gasteiger partial charge is 0.380 e. The second-order valence-electron chi connectivity index (χ2n) is 9.14. The van der Waals surface area contributed by atoms with Crippen molar-refractivity contribution in [3.63, 3.8) is 0 Å². The molecule has 2 aliphatic rings. The van der Waals surface area contributed by atoms with Crippen molar-refractivity contribution in [1.29, 1.82) is 0 Å². The summed E-state index contributed by atoms with van der Waals surface area (Å²) in [6.45, 7) is -1.25. The van der Waals surface area contributed by atoms with Crippen LogP contribution in [0.15, 0.2) is 28.8 Å². The number of alkyl halides is 2. The molecule has 2 aromatic carbocycles. The molecule has 9 nitrogen and oxygen atoms in total. The van der Waals surface area contributed by atoms with Gasteiger partial charge in [-0.2, -0.15) is 0 Å². The Morgan fingerprint density at radius 1 is 1.21 bits per heavy atom. The first-order valence-electron chi connectivity index (χ1n) is 11.3. The second-order valence-corrected chi connectivity index (χ2v) is 10.9. The molecular weight excluding hydrogens is 539 g/mol. The Hall–Kier alpha value is -3.30. The number of hydrogen-bond donors (Lipinski definition) is 1. The minimum atomic E-state index is -4.01. The van der Waals surface area contributed by atoms with Crippen LogP contribution in [0.5, 0.6) is 0 Å². The monoisotopic (exact) mass is 560 g/mol. The lowest BCUT2D eigenvalue weighted by Crippen LogP contribution is -2.56. The summed E-state index contributed by atoms with van der Waals surface area (Å²) >= 11 is 0. The molecular formula is C23H21F5N4O5S. The molecule has 1 aromatic heterocycles. The van der Waals surface area contributed by atoms with E-state index in [4.69, 9.17) is 9.26 Å². The summed E-state index contributed by atoms with van der Waals surface area (Å²) in [6, 6.07) is -0.292. The van der Waals surface area contributed by atoms with Crippen molar-refractivity contribution in [2.75, 3.05) is 31.4 Å². The van der Waals surface area contributed by atoms with Crippen LogP contribution in [0.4, 0.5) is 32.6 Å².